The van der Waals surface area contributed by atoms with Gasteiger partial charge < -0.3 is 28.1 Å². The van der Waals surface area contributed by atoms with Gasteiger partial charge in [0.05, 0.1) is 39.4 Å². The average molecular weight is 476 g/mol. The van der Waals surface area contributed by atoms with E-state index in [4.69, 9.17) is 28.1 Å². The molecular formula is C27H24O8. The van der Waals surface area contributed by atoms with Gasteiger partial charge in [0.2, 0.25) is 5.43 Å². The molecule has 1 aromatic heterocycles. The molecule has 0 saturated heterocycles. The first-order valence-electron chi connectivity index (χ1n) is 10.6. The van der Waals surface area contributed by atoms with Crippen molar-refractivity contribution in [3.8, 4) is 39.9 Å². The molecule has 35 heavy (non-hydrogen) atoms. The van der Waals surface area contributed by atoms with Crippen molar-refractivity contribution >= 4 is 16.9 Å². The van der Waals surface area contributed by atoms with Crippen molar-refractivity contribution in [3.63, 3.8) is 0 Å². The van der Waals surface area contributed by atoms with Crippen LogP contribution in [0.4, 0.5) is 0 Å². The summed E-state index contributed by atoms with van der Waals surface area (Å²) in [5, 5.41) is 0.343. The molecule has 4 rings (SSSR count). The highest BCUT2D eigenvalue weighted by atomic mass is 16.5. The topological polar surface area (TPSA) is 93.4 Å². The quantitative estimate of drug-likeness (QED) is 0.271. The zero-order valence-electron chi connectivity index (χ0n) is 20.0. The lowest BCUT2D eigenvalue weighted by molar-refractivity contribution is 0.0727. The van der Waals surface area contributed by atoms with Gasteiger partial charge in [0.25, 0.3) is 0 Å². The first-order valence-corrected chi connectivity index (χ1v) is 10.6. The molecule has 0 bridgehead atoms. The Morgan fingerprint density at radius 3 is 2.06 bits per heavy atom. The van der Waals surface area contributed by atoms with E-state index in [0.717, 1.165) is 0 Å². The molecule has 0 aliphatic carbocycles. The summed E-state index contributed by atoms with van der Waals surface area (Å²) in [7, 11) is 5.98. The van der Waals surface area contributed by atoms with Gasteiger partial charge in [-0.2, -0.15) is 0 Å². The number of rotatable bonds is 7. The van der Waals surface area contributed by atoms with Crippen molar-refractivity contribution in [1.29, 1.82) is 0 Å². The molecule has 0 fully saturated rings. The Kier molecular flexibility index (Phi) is 6.64. The number of hydrogen-bond donors (Lipinski definition) is 0. The lowest BCUT2D eigenvalue weighted by Gasteiger charge is -2.13. The van der Waals surface area contributed by atoms with Crippen molar-refractivity contribution < 1.29 is 32.9 Å². The maximum atomic E-state index is 13.4. The van der Waals surface area contributed by atoms with Crippen LogP contribution in [0, 0.1) is 6.92 Å². The fraction of sp³-hybridized carbons (Fsp3) is 0.185. The Morgan fingerprint density at radius 1 is 0.771 bits per heavy atom. The lowest BCUT2D eigenvalue weighted by Crippen LogP contribution is -2.12. The standard InChI is InChI=1S/C27H24O8/c1-15-24(16-9-12-19(30-2)23(13-16)33-5)26(28)18-11-10-17(14-22(18)34-15)35-27(29)25-20(31-3)7-6-8-21(25)32-4/h6-14H,1-5H3. The predicted octanol–water partition coefficient (Wildman–Crippen LogP) is 5.02. The summed E-state index contributed by atoms with van der Waals surface area (Å²) in [4.78, 5) is 26.3. The van der Waals surface area contributed by atoms with Crippen LogP contribution in [0.15, 0.2) is 63.8 Å². The second-order valence-electron chi connectivity index (χ2n) is 7.52. The Morgan fingerprint density at radius 2 is 1.43 bits per heavy atom. The Labute approximate surface area is 201 Å². The van der Waals surface area contributed by atoms with Gasteiger partial charge in [-0.05, 0) is 48.9 Å². The third kappa shape index (κ3) is 4.38. The van der Waals surface area contributed by atoms with Crippen molar-refractivity contribution in [3.05, 3.63) is 76.1 Å². The summed E-state index contributed by atoms with van der Waals surface area (Å²) < 4.78 is 32.7. The van der Waals surface area contributed by atoms with Crippen LogP contribution in [0.1, 0.15) is 16.1 Å². The van der Waals surface area contributed by atoms with Crippen molar-refractivity contribution in [2.75, 3.05) is 28.4 Å². The molecule has 0 aliphatic heterocycles. The molecule has 0 unspecified atom stereocenters. The van der Waals surface area contributed by atoms with Crippen LogP contribution in [0.5, 0.6) is 28.7 Å². The van der Waals surface area contributed by atoms with E-state index in [2.05, 4.69) is 0 Å². The van der Waals surface area contributed by atoms with Crippen LogP contribution in [-0.4, -0.2) is 34.4 Å². The maximum absolute atomic E-state index is 13.4. The van der Waals surface area contributed by atoms with E-state index >= 15 is 0 Å². The van der Waals surface area contributed by atoms with Gasteiger partial charge >= 0.3 is 5.97 Å². The number of carbonyl (C=O) groups is 1. The minimum Gasteiger partial charge on any atom is -0.496 e. The van der Waals surface area contributed by atoms with Gasteiger partial charge in [-0.3, -0.25) is 4.79 Å². The van der Waals surface area contributed by atoms with E-state index in [9.17, 15) is 9.59 Å². The summed E-state index contributed by atoms with van der Waals surface area (Å²) >= 11 is 0. The maximum Gasteiger partial charge on any atom is 0.351 e. The first kappa shape index (κ1) is 23.7. The SMILES string of the molecule is COc1ccc(-c2c(C)oc3cc(OC(=O)c4c(OC)cccc4OC)ccc3c2=O)cc1OC. The van der Waals surface area contributed by atoms with Crippen LogP contribution in [-0.2, 0) is 0 Å². The van der Waals surface area contributed by atoms with E-state index < -0.39 is 5.97 Å². The van der Waals surface area contributed by atoms with Crippen LogP contribution < -0.4 is 29.1 Å². The Bertz CT molecular complexity index is 1450. The number of esters is 1. The number of hydrogen-bond acceptors (Lipinski definition) is 8. The van der Waals surface area contributed by atoms with Crippen LogP contribution in [0.3, 0.4) is 0 Å². The molecule has 3 aromatic carbocycles. The fourth-order valence-electron chi connectivity index (χ4n) is 3.89. The van der Waals surface area contributed by atoms with E-state index in [1.165, 1.54) is 33.5 Å². The molecular weight excluding hydrogens is 452 g/mol. The summed E-state index contributed by atoms with van der Waals surface area (Å²) in [6.07, 6.45) is 0. The summed E-state index contributed by atoms with van der Waals surface area (Å²) in [5.41, 5.74) is 1.25. The molecule has 1 heterocycles. The zero-order valence-corrected chi connectivity index (χ0v) is 20.0. The average Bonchev–Trinajstić information content (AvgIpc) is 2.87. The Hall–Kier alpha value is -4.46. The van der Waals surface area contributed by atoms with Crippen molar-refractivity contribution in [1.82, 2.24) is 0 Å². The monoisotopic (exact) mass is 476 g/mol. The first-order chi connectivity index (χ1) is 16.9. The van der Waals surface area contributed by atoms with Gasteiger partial charge in [0.1, 0.15) is 34.2 Å². The van der Waals surface area contributed by atoms with Gasteiger partial charge in [-0.25, -0.2) is 4.79 Å². The van der Waals surface area contributed by atoms with Gasteiger partial charge in [-0.1, -0.05) is 12.1 Å². The Balaban J connectivity index is 1.73. The minimum absolute atomic E-state index is 0.152. The van der Waals surface area contributed by atoms with E-state index in [1.807, 2.05) is 0 Å². The number of ether oxygens (including phenoxy) is 5. The second-order valence-corrected chi connectivity index (χ2v) is 7.52. The van der Waals surface area contributed by atoms with Crippen LogP contribution in [0.2, 0.25) is 0 Å². The normalized spacial score (nSPS) is 10.7. The summed E-state index contributed by atoms with van der Waals surface area (Å²) in [5.74, 6) is 1.63. The molecule has 0 atom stereocenters. The summed E-state index contributed by atoms with van der Waals surface area (Å²) in [6, 6.07) is 14.8. The minimum atomic E-state index is -0.667. The number of carbonyl (C=O) groups excluding carboxylic acids is 1. The fourth-order valence-corrected chi connectivity index (χ4v) is 3.89. The van der Waals surface area contributed by atoms with Gasteiger partial charge in [-0.15, -0.1) is 0 Å². The van der Waals surface area contributed by atoms with Crippen LogP contribution >= 0.6 is 0 Å². The molecule has 0 N–H and O–H groups in total. The zero-order chi connectivity index (χ0) is 25.1. The molecule has 8 heteroatoms. The molecule has 8 nitrogen and oxygen atoms in total. The molecule has 0 radical (unpaired) electrons. The van der Waals surface area contributed by atoms with E-state index in [0.29, 0.717) is 45.3 Å². The third-order valence-electron chi connectivity index (χ3n) is 5.55. The molecule has 0 aliphatic rings. The number of aryl methyl sites for hydroxylation is 1. The highest BCUT2D eigenvalue weighted by Crippen LogP contribution is 2.34. The third-order valence-corrected chi connectivity index (χ3v) is 5.55. The molecule has 0 amide bonds. The second kappa shape index (κ2) is 9.80. The predicted molar refractivity (Wildman–Crippen MR) is 130 cm³/mol. The number of fused-ring (bicyclic) bond motifs is 1. The van der Waals surface area contributed by atoms with E-state index in [1.54, 1.807) is 56.5 Å². The van der Waals surface area contributed by atoms with Crippen molar-refractivity contribution in [2.24, 2.45) is 0 Å². The van der Waals surface area contributed by atoms with Crippen molar-refractivity contribution in [2.45, 2.75) is 6.92 Å². The molecule has 0 spiro atoms. The molecule has 0 saturated carbocycles. The number of benzene rings is 3. The van der Waals surface area contributed by atoms with Gasteiger partial charge in [0, 0.05) is 6.07 Å². The molecule has 4 aromatic rings. The highest BCUT2D eigenvalue weighted by molar-refractivity contribution is 5.97. The molecule has 180 valence electrons. The lowest BCUT2D eigenvalue weighted by atomic mass is 10.0. The summed E-state index contributed by atoms with van der Waals surface area (Å²) in [6.45, 7) is 1.70. The smallest absolute Gasteiger partial charge is 0.351 e. The van der Waals surface area contributed by atoms with Crippen LogP contribution in [0.25, 0.3) is 22.1 Å². The van der Waals surface area contributed by atoms with Gasteiger partial charge in [0.15, 0.2) is 11.5 Å². The number of methoxy groups -OCH3 is 4. The largest absolute Gasteiger partial charge is 0.496 e. The van der Waals surface area contributed by atoms with E-state index in [-0.39, 0.29) is 22.3 Å². The highest BCUT2D eigenvalue weighted by Gasteiger charge is 2.21.